The zero-order chi connectivity index (χ0) is 12.6. The summed E-state index contributed by atoms with van der Waals surface area (Å²) < 4.78 is 0. The van der Waals surface area contributed by atoms with Crippen LogP contribution in [0.4, 0.5) is 0 Å². The highest BCUT2D eigenvalue weighted by Gasteiger charge is 2.09. The molecule has 0 spiro atoms. The maximum Gasteiger partial charge on any atom is 0.134 e. The van der Waals surface area contributed by atoms with Crippen molar-refractivity contribution in [2.45, 2.75) is 0 Å². The molecule has 0 aliphatic heterocycles. The minimum absolute atomic E-state index is 0.0304. The fourth-order valence-corrected chi connectivity index (χ4v) is 2.21. The molecule has 0 aromatic heterocycles. The molecule has 2 rings (SSSR count). The van der Waals surface area contributed by atoms with Gasteiger partial charge < -0.3 is 5.11 Å². The number of aromatic hydroxyl groups is 1. The highest BCUT2D eigenvalue weighted by molar-refractivity contribution is 6.42. The van der Waals surface area contributed by atoms with Gasteiger partial charge in [0.1, 0.15) is 5.75 Å². The lowest BCUT2D eigenvalue weighted by atomic mass is 10.1. The average molecular weight is 308 g/mol. The first-order valence-electron chi connectivity index (χ1n) is 4.62. The van der Waals surface area contributed by atoms with Gasteiger partial charge >= 0.3 is 0 Å². The van der Waals surface area contributed by atoms with E-state index in [1.807, 2.05) is 0 Å². The molecule has 0 aliphatic carbocycles. The van der Waals surface area contributed by atoms with Crippen molar-refractivity contribution in [1.82, 2.24) is 0 Å². The molecule has 0 bridgehead atoms. The molecule has 5 heteroatoms. The van der Waals surface area contributed by atoms with Crippen LogP contribution < -0.4 is 0 Å². The van der Waals surface area contributed by atoms with Crippen molar-refractivity contribution >= 4 is 46.4 Å². The Kier molecular flexibility index (Phi) is 3.74. The SMILES string of the molecule is Oc1cc(-c2ccc(Cl)c(Cl)c2)c(Cl)cc1Cl. The molecule has 0 saturated heterocycles. The highest BCUT2D eigenvalue weighted by atomic mass is 35.5. The van der Waals surface area contributed by atoms with Crippen LogP contribution in [0.2, 0.25) is 20.1 Å². The first kappa shape index (κ1) is 12.8. The number of benzene rings is 2. The molecule has 1 nitrogen and oxygen atoms in total. The van der Waals surface area contributed by atoms with E-state index in [4.69, 9.17) is 46.4 Å². The molecule has 0 heterocycles. The highest BCUT2D eigenvalue weighted by Crippen LogP contribution is 2.37. The summed E-state index contributed by atoms with van der Waals surface area (Å²) in [5.41, 5.74) is 1.41. The number of phenolic OH excluding ortho intramolecular Hbond substituents is 1. The molecule has 2 aromatic rings. The van der Waals surface area contributed by atoms with Gasteiger partial charge in [-0.05, 0) is 29.8 Å². The minimum Gasteiger partial charge on any atom is -0.506 e. The van der Waals surface area contributed by atoms with E-state index in [0.29, 0.717) is 20.6 Å². The van der Waals surface area contributed by atoms with Gasteiger partial charge in [0.05, 0.1) is 20.1 Å². The van der Waals surface area contributed by atoms with Crippen molar-refractivity contribution < 1.29 is 5.11 Å². The summed E-state index contributed by atoms with van der Waals surface area (Å²) in [5.74, 6) is -0.0304. The fraction of sp³-hybridized carbons (Fsp3) is 0. The molecule has 0 aliphatic rings. The van der Waals surface area contributed by atoms with E-state index >= 15 is 0 Å². The van der Waals surface area contributed by atoms with Gasteiger partial charge in [0, 0.05) is 5.56 Å². The standard InChI is InChI=1S/C12H6Cl4O/c13-8-2-1-6(3-10(8)15)7-4-12(17)11(16)5-9(7)14/h1-5,17H. The molecule has 0 unspecified atom stereocenters. The topological polar surface area (TPSA) is 20.2 Å². The summed E-state index contributed by atoms with van der Waals surface area (Å²) in [6.07, 6.45) is 0. The molecule has 0 amide bonds. The van der Waals surface area contributed by atoms with E-state index in [9.17, 15) is 5.11 Å². The summed E-state index contributed by atoms with van der Waals surface area (Å²) >= 11 is 23.6. The Morgan fingerprint density at radius 1 is 0.706 bits per heavy atom. The fourth-order valence-electron chi connectivity index (χ4n) is 1.42. The number of rotatable bonds is 1. The summed E-state index contributed by atoms with van der Waals surface area (Å²) in [6, 6.07) is 8.09. The van der Waals surface area contributed by atoms with E-state index in [1.54, 1.807) is 18.2 Å². The second-order valence-corrected chi connectivity index (χ2v) is 5.04. The van der Waals surface area contributed by atoms with Crippen LogP contribution in [0.15, 0.2) is 30.3 Å². The summed E-state index contributed by atoms with van der Waals surface area (Å²) in [6.45, 7) is 0. The van der Waals surface area contributed by atoms with E-state index in [2.05, 4.69) is 0 Å². The maximum absolute atomic E-state index is 9.56. The molecule has 0 radical (unpaired) electrons. The molecular formula is C12H6Cl4O. The Hall–Kier alpha value is -0.600. The van der Waals surface area contributed by atoms with Gasteiger partial charge in [-0.3, -0.25) is 0 Å². The van der Waals surface area contributed by atoms with Crippen LogP contribution in [0.3, 0.4) is 0 Å². The number of hydrogen-bond donors (Lipinski definition) is 1. The van der Waals surface area contributed by atoms with Gasteiger partial charge in [0.25, 0.3) is 0 Å². The van der Waals surface area contributed by atoms with Crippen molar-refractivity contribution in [3.05, 3.63) is 50.4 Å². The lowest BCUT2D eigenvalue weighted by molar-refractivity contribution is 0.476. The zero-order valence-corrected chi connectivity index (χ0v) is 11.4. The first-order valence-corrected chi connectivity index (χ1v) is 6.13. The van der Waals surface area contributed by atoms with Crippen LogP contribution >= 0.6 is 46.4 Å². The summed E-state index contributed by atoms with van der Waals surface area (Å²) in [7, 11) is 0. The maximum atomic E-state index is 9.56. The van der Waals surface area contributed by atoms with Gasteiger partial charge in [-0.2, -0.15) is 0 Å². The third-order valence-corrected chi connectivity index (χ3v) is 3.62. The Balaban J connectivity index is 2.60. The zero-order valence-electron chi connectivity index (χ0n) is 8.35. The van der Waals surface area contributed by atoms with E-state index in [1.165, 1.54) is 12.1 Å². The van der Waals surface area contributed by atoms with Crippen LogP contribution in [0.25, 0.3) is 11.1 Å². The third kappa shape index (κ3) is 2.63. The largest absolute Gasteiger partial charge is 0.506 e. The van der Waals surface area contributed by atoms with Crippen molar-refractivity contribution in [1.29, 1.82) is 0 Å². The molecule has 2 aromatic carbocycles. The number of halogens is 4. The lowest BCUT2D eigenvalue weighted by Crippen LogP contribution is -1.81. The van der Waals surface area contributed by atoms with Gasteiger partial charge in [-0.15, -0.1) is 0 Å². The number of hydrogen-bond acceptors (Lipinski definition) is 1. The predicted molar refractivity (Wildman–Crippen MR) is 73.6 cm³/mol. The summed E-state index contributed by atoms with van der Waals surface area (Å²) in [5, 5.41) is 11.1. The Morgan fingerprint density at radius 3 is 2.06 bits per heavy atom. The molecule has 0 fully saturated rings. The molecule has 0 saturated carbocycles. The van der Waals surface area contributed by atoms with Gasteiger partial charge in [-0.25, -0.2) is 0 Å². The monoisotopic (exact) mass is 306 g/mol. The van der Waals surface area contributed by atoms with Crippen LogP contribution in [-0.4, -0.2) is 5.11 Å². The Bertz CT molecular complexity index is 581. The normalized spacial score (nSPS) is 10.6. The van der Waals surface area contributed by atoms with Gasteiger partial charge in [0.15, 0.2) is 0 Å². The Labute approximate surface area is 118 Å². The minimum atomic E-state index is -0.0304. The van der Waals surface area contributed by atoms with Crippen LogP contribution in [-0.2, 0) is 0 Å². The van der Waals surface area contributed by atoms with Crippen molar-refractivity contribution in [3.8, 4) is 16.9 Å². The van der Waals surface area contributed by atoms with E-state index in [0.717, 1.165) is 5.56 Å². The second-order valence-electron chi connectivity index (χ2n) is 3.41. The third-order valence-electron chi connectivity index (χ3n) is 2.27. The smallest absolute Gasteiger partial charge is 0.134 e. The predicted octanol–water partition coefficient (Wildman–Crippen LogP) is 5.67. The van der Waals surface area contributed by atoms with Crippen molar-refractivity contribution in [2.75, 3.05) is 0 Å². The Morgan fingerprint density at radius 2 is 1.41 bits per heavy atom. The van der Waals surface area contributed by atoms with E-state index in [-0.39, 0.29) is 10.8 Å². The first-order chi connectivity index (χ1) is 7.99. The lowest BCUT2D eigenvalue weighted by Gasteiger charge is -2.07. The van der Waals surface area contributed by atoms with Gasteiger partial charge in [0.2, 0.25) is 0 Å². The van der Waals surface area contributed by atoms with E-state index < -0.39 is 0 Å². The second kappa shape index (κ2) is 4.95. The molecule has 88 valence electrons. The number of phenols is 1. The van der Waals surface area contributed by atoms with Crippen LogP contribution in [0.1, 0.15) is 0 Å². The molecule has 17 heavy (non-hydrogen) atoms. The molecule has 1 N–H and O–H groups in total. The molecule has 0 atom stereocenters. The van der Waals surface area contributed by atoms with Crippen LogP contribution in [0, 0.1) is 0 Å². The van der Waals surface area contributed by atoms with Crippen molar-refractivity contribution in [2.24, 2.45) is 0 Å². The average Bonchev–Trinajstić information content (AvgIpc) is 2.27. The van der Waals surface area contributed by atoms with Gasteiger partial charge in [-0.1, -0.05) is 52.5 Å². The van der Waals surface area contributed by atoms with Crippen LogP contribution in [0.5, 0.6) is 5.75 Å². The van der Waals surface area contributed by atoms with Crippen molar-refractivity contribution in [3.63, 3.8) is 0 Å². The summed E-state index contributed by atoms with van der Waals surface area (Å²) in [4.78, 5) is 0. The quantitative estimate of drug-likeness (QED) is 0.719. The molecular weight excluding hydrogens is 302 g/mol.